The normalized spacial score (nSPS) is 11.5. The molecule has 0 spiro atoms. The summed E-state index contributed by atoms with van der Waals surface area (Å²) in [4.78, 5) is 25.9. The summed E-state index contributed by atoms with van der Waals surface area (Å²) < 4.78 is 0. The minimum absolute atomic E-state index is 0.162. The average molecular weight is 478 g/mol. The second-order valence-electron chi connectivity index (χ2n) is 8.66. The van der Waals surface area contributed by atoms with Crippen LogP contribution in [0.3, 0.4) is 0 Å². The van der Waals surface area contributed by atoms with Gasteiger partial charge in [-0.05, 0) is 35.2 Å². The Bertz CT molecular complexity index is 1180. The molecule has 0 saturated carbocycles. The van der Waals surface area contributed by atoms with E-state index in [9.17, 15) is 9.59 Å². The molecule has 5 heteroatoms. The molecule has 0 aliphatic rings. The lowest BCUT2D eigenvalue weighted by molar-refractivity contribution is -0.122. The van der Waals surface area contributed by atoms with Crippen LogP contribution in [-0.4, -0.2) is 24.5 Å². The second kappa shape index (κ2) is 12.9. The van der Waals surface area contributed by atoms with E-state index >= 15 is 0 Å². The summed E-state index contributed by atoms with van der Waals surface area (Å²) in [6, 6.07) is 38.4. The molecule has 5 nitrogen and oxygen atoms in total. The van der Waals surface area contributed by atoms with Crippen molar-refractivity contribution in [2.24, 2.45) is 0 Å². The van der Waals surface area contributed by atoms with Crippen LogP contribution in [0.4, 0.5) is 10.5 Å². The SMILES string of the molecule is O=C(Nc1ccccc1)NC(Cc1ccccc1)C(=O)NCCC(c1ccccc1)c1ccccc1. The highest BCUT2D eigenvalue weighted by Crippen LogP contribution is 2.27. The highest BCUT2D eigenvalue weighted by molar-refractivity contribution is 5.93. The van der Waals surface area contributed by atoms with E-state index in [0.29, 0.717) is 18.7 Å². The lowest BCUT2D eigenvalue weighted by atomic mass is 9.88. The largest absolute Gasteiger partial charge is 0.354 e. The molecule has 0 bridgehead atoms. The third-order valence-corrected chi connectivity index (χ3v) is 6.07. The summed E-state index contributed by atoms with van der Waals surface area (Å²) in [6.07, 6.45) is 1.14. The number of hydrogen-bond acceptors (Lipinski definition) is 2. The van der Waals surface area contributed by atoms with Crippen molar-refractivity contribution in [2.75, 3.05) is 11.9 Å². The van der Waals surface area contributed by atoms with Crippen LogP contribution in [0.5, 0.6) is 0 Å². The minimum Gasteiger partial charge on any atom is -0.354 e. The topological polar surface area (TPSA) is 70.2 Å². The van der Waals surface area contributed by atoms with Crippen molar-refractivity contribution in [3.05, 3.63) is 138 Å². The smallest absolute Gasteiger partial charge is 0.319 e. The number of hydrogen-bond donors (Lipinski definition) is 3. The molecule has 0 heterocycles. The molecule has 0 radical (unpaired) electrons. The first-order chi connectivity index (χ1) is 17.7. The Labute approximate surface area is 212 Å². The molecular formula is C31H31N3O2. The van der Waals surface area contributed by atoms with Gasteiger partial charge in [0.2, 0.25) is 5.91 Å². The standard InChI is InChI=1S/C31H31N3O2/c35-30(32-22-21-28(25-15-7-2-8-16-25)26-17-9-3-10-18-26)29(23-24-13-5-1-6-14-24)34-31(36)33-27-19-11-4-12-20-27/h1-20,28-29H,21-23H2,(H,32,35)(H2,33,34,36). The van der Waals surface area contributed by atoms with Gasteiger partial charge in [-0.25, -0.2) is 4.79 Å². The summed E-state index contributed by atoms with van der Waals surface area (Å²) in [7, 11) is 0. The molecule has 0 aromatic heterocycles. The molecule has 3 N–H and O–H groups in total. The van der Waals surface area contributed by atoms with Gasteiger partial charge >= 0.3 is 6.03 Å². The van der Waals surface area contributed by atoms with Gasteiger partial charge in [0.1, 0.15) is 6.04 Å². The zero-order valence-corrected chi connectivity index (χ0v) is 20.1. The highest BCUT2D eigenvalue weighted by Gasteiger charge is 2.22. The molecule has 0 aliphatic carbocycles. The first-order valence-electron chi connectivity index (χ1n) is 12.2. The van der Waals surface area contributed by atoms with Crippen LogP contribution in [0.25, 0.3) is 0 Å². The quantitative estimate of drug-likeness (QED) is 0.272. The van der Waals surface area contributed by atoms with E-state index < -0.39 is 12.1 Å². The van der Waals surface area contributed by atoms with E-state index in [1.54, 1.807) is 12.1 Å². The summed E-state index contributed by atoms with van der Waals surface area (Å²) in [5, 5.41) is 8.71. The summed E-state index contributed by atoms with van der Waals surface area (Å²) in [6.45, 7) is 0.487. The predicted molar refractivity (Wildman–Crippen MR) is 145 cm³/mol. The third kappa shape index (κ3) is 7.31. The van der Waals surface area contributed by atoms with Gasteiger partial charge < -0.3 is 16.0 Å². The van der Waals surface area contributed by atoms with Crippen molar-refractivity contribution >= 4 is 17.6 Å². The van der Waals surface area contributed by atoms with E-state index in [0.717, 1.165) is 12.0 Å². The van der Waals surface area contributed by atoms with Gasteiger partial charge in [-0.3, -0.25) is 4.79 Å². The van der Waals surface area contributed by atoms with E-state index in [-0.39, 0.29) is 11.8 Å². The van der Waals surface area contributed by atoms with Crippen LogP contribution in [0.15, 0.2) is 121 Å². The molecule has 0 fully saturated rings. The Balaban J connectivity index is 1.42. The number of benzene rings is 4. The summed E-state index contributed by atoms with van der Waals surface area (Å²) >= 11 is 0. The van der Waals surface area contributed by atoms with E-state index in [1.165, 1.54) is 11.1 Å². The Morgan fingerprint density at radius 2 is 1.14 bits per heavy atom. The van der Waals surface area contributed by atoms with Gasteiger partial charge in [-0.1, -0.05) is 109 Å². The molecule has 1 atom stereocenters. The fraction of sp³-hybridized carbons (Fsp3) is 0.161. The molecule has 0 aliphatic heterocycles. The Hall–Kier alpha value is -4.38. The van der Waals surface area contributed by atoms with Crippen molar-refractivity contribution in [1.29, 1.82) is 0 Å². The summed E-state index contributed by atoms with van der Waals surface area (Å²) in [5.74, 6) is -0.0449. The predicted octanol–water partition coefficient (Wildman–Crippen LogP) is 5.76. The van der Waals surface area contributed by atoms with Crippen LogP contribution >= 0.6 is 0 Å². The van der Waals surface area contributed by atoms with Crippen LogP contribution in [-0.2, 0) is 11.2 Å². The fourth-order valence-corrected chi connectivity index (χ4v) is 4.27. The molecule has 4 aromatic rings. The first kappa shape index (κ1) is 24.7. The molecule has 1 unspecified atom stereocenters. The van der Waals surface area contributed by atoms with E-state index in [4.69, 9.17) is 0 Å². The van der Waals surface area contributed by atoms with Crippen LogP contribution < -0.4 is 16.0 Å². The highest BCUT2D eigenvalue weighted by atomic mass is 16.2. The van der Waals surface area contributed by atoms with Crippen molar-refractivity contribution in [3.63, 3.8) is 0 Å². The minimum atomic E-state index is -0.706. The maximum Gasteiger partial charge on any atom is 0.319 e. The zero-order valence-electron chi connectivity index (χ0n) is 20.1. The zero-order chi connectivity index (χ0) is 25.0. The van der Waals surface area contributed by atoms with Crippen molar-refractivity contribution in [3.8, 4) is 0 Å². The van der Waals surface area contributed by atoms with Crippen molar-refractivity contribution in [2.45, 2.75) is 24.8 Å². The maximum atomic E-state index is 13.2. The number of anilines is 1. The van der Waals surface area contributed by atoms with Gasteiger partial charge in [0.25, 0.3) is 0 Å². The summed E-state index contributed by atoms with van der Waals surface area (Å²) in [5.41, 5.74) is 4.06. The van der Waals surface area contributed by atoms with E-state index in [1.807, 2.05) is 84.9 Å². The number of amides is 3. The number of carbonyl (C=O) groups excluding carboxylic acids is 2. The Morgan fingerprint density at radius 1 is 0.639 bits per heavy atom. The number of para-hydroxylation sites is 1. The monoisotopic (exact) mass is 477 g/mol. The molecule has 0 saturated heterocycles. The number of nitrogens with one attached hydrogen (secondary N) is 3. The first-order valence-corrected chi connectivity index (χ1v) is 12.2. The Morgan fingerprint density at radius 3 is 1.69 bits per heavy atom. The molecule has 182 valence electrons. The number of rotatable bonds is 10. The van der Waals surface area contributed by atoms with Crippen molar-refractivity contribution < 1.29 is 9.59 Å². The van der Waals surface area contributed by atoms with Crippen LogP contribution in [0.1, 0.15) is 29.0 Å². The molecule has 4 rings (SSSR count). The maximum absolute atomic E-state index is 13.2. The Kier molecular flexibility index (Phi) is 8.87. The lowest BCUT2D eigenvalue weighted by Gasteiger charge is -2.21. The second-order valence-corrected chi connectivity index (χ2v) is 8.66. The molecule has 4 aromatic carbocycles. The van der Waals surface area contributed by atoms with Crippen LogP contribution in [0.2, 0.25) is 0 Å². The van der Waals surface area contributed by atoms with Gasteiger partial charge in [0.05, 0.1) is 0 Å². The van der Waals surface area contributed by atoms with Crippen LogP contribution in [0, 0.1) is 0 Å². The number of carbonyl (C=O) groups is 2. The fourth-order valence-electron chi connectivity index (χ4n) is 4.27. The number of urea groups is 1. The average Bonchev–Trinajstić information content (AvgIpc) is 2.93. The van der Waals surface area contributed by atoms with E-state index in [2.05, 4.69) is 40.2 Å². The van der Waals surface area contributed by atoms with Gasteiger partial charge in [0, 0.05) is 24.6 Å². The van der Waals surface area contributed by atoms with Gasteiger partial charge in [-0.2, -0.15) is 0 Å². The van der Waals surface area contributed by atoms with Crippen molar-refractivity contribution in [1.82, 2.24) is 10.6 Å². The van der Waals surface area contributed by atoms with Gasteiger partial charge in [-0.15, -0.1) is 0 Å². The molecular weight excluding hydrogens is 446 g/mol. The molecule has 36 heavy (non-hydrogen) atoms. The third-order valence-electron chi connectivity index (χ3n) is 6.07. The lowest BCUT2D eigenvalue weighted by Crippen LogP contribution is -2.49. The van der Waals surface area contributed by atoms with Gasteiger partial charge in [0.15, 0.2) is 0 Å². The molecule has 3 amide bonds.